The van der Waals surface area contributed by atoms with E-state index in [-0.39, 0.29) is 0 Å². The fourth-order valence-electron chi connectivity index (χ4n) is 2.47. The van der Waals surface area contributed by atoms with Crippen molar-refractivity contribution in [2.24, 2.45) is 0 Å². The summed E-state index contributed by atoms with van der Waals surface area (Å²) in [6.07, 6.45) is 1.18. The quantitative estimate of drug-likeness (QED) is 0.905. The molecule has 0 spiro atoms. The summed E-state index contributed by atoms with van der Waals surface area (Å²) in [4.78, 5) is 4.67. The van der Waals surface area contributed by atoms with Crippen molar-refractivity contribution in [2.45, 2.75) is 12.5 Å². The van der Waals surface area contributed by atoms with E-state index in [0.29, 0.717) is 6.04 Å². The van der Waals surface area contributed by atoms with Gasteiger partial charge in [-0.3, -0.25) is 0 Å². The lowest BCUT2D eigenvalue weighted by atomic mass is 10.2. The minimum Gasteiger partial charge on any atom is -0.370 e. The standard InChI is InChI=1S/C14H22ClN3/c1-17(2)10-13-11-18(8-4-7-16-13)14-6-3-5-12(15)9-14/h3,5-6,9,13,16H,4,7-8,10-11H2,1-2H3. The number of nitrogens with zero attached hydrogens (tertiary/aromatic N) is 2. The molecule has 1 fully saturated rings. The molecule has 0 aliphatic carbocycles. The SMILES string of the molecule is CN(C)CC1CN(c2cccc(Cl)c2)CCCN1. The van der Waals surface area contributed by atoms with Gasteiger partial charge >= 0.3 is 0 Å². The van der Waals surface area contributed by atoms with E-state index in [2.05, 4.69) is 41.3 Å². The Morgan fingerprint density at radius 2 is 2.28 bits per heavy atom. The van der Waals surface area contributed by atoms with Gasteiger partial charge in [0.15, 0.2) is 0 Å². The van der Waals surface area contributed by atoms with Crippen LogP contribution in [-0.4, -0.2) is 51.2 Å². The number of benzene rings is 1. The maximum Gasteiger partial charge on any atom is 0.0426 e. The van der Waals surface area contributed by atoms with Gasteiger partial charge in [0.2, 0.25) is 0 Å². The van der Waals surface area contributed by atoms with Crippen LogP contribution in [0.15, 0.2) is 24.3 Å². The topological polar surface area (TPSA) is 18.5 Å². The molecule has 4 heteroatoms. The molecule has 0 bridgehead atoms. The second-order valence-corrected chi connectivity index (χ2v) is 5.63. The Hall–Kier alpha value is -0.770. The van der Waals surface area contributed by atoms with Gasteiger partial charge in [-0.15, -0.1) is 0 Å². The molecule has 1 aliphatic rings. The minimum atomic E-state index is 0.515. The molecule has 1 atom stereocenters. The van der Waals surface area contributed by atoms with E-state index in [1.54, 1.807) is 0 Å². The van der Waals surface area contributed by atoms with Crippen LogP contribution in [-0.2, 0) is 0 Å². The van der Waals surface area contributed by atoms with Crippen LogP contribution in [0.25, 0.3) is 0 Å². The first-order valence-electron chi connectivity index (χ1n) is 6.54. The van der Waals surface area contributed by atoms with Crippen LogP contribution in [0.1, 0.15) is 6.42 Å². The van der Waals surface area contributed by atoms with Crippen molar-refractivity contribution >= 4 is 17.3 Å². The monoisotopic (exact) mass is 267 g/mol. The first-order valence-corrected chi connectivity index (χ1v) is 6.91. The largest absolute Gasteiger partial charge is 0.370 e. The molecule has 1 aliphatic heterocycles. The van der Waals surface area contributed by atoms with Crippen molar-refractivity contribution in [1.29, 1.82) is 0 Å². The highest BCUT2D eigenvalue weighted by Gasteiger charge is 2.18. The van der Waals surface area contributed by atoms with Crippen LogP contribution in [0.3, 0.4) is 0 Å². The molecule has 18 heavy (non-hydrogen) atoms. The highest BCUT2D eigenvalue weighted by atomic mass is 35.5. The smallest absolute Gasteiger partial charge is 0.0426 e. The predicted molar refractivity (Wildman–Crippen MR) is 78.6 cm³/mol. The molecule has 100 valence electrons. The van der Waals surface area contributed by atoms with E-state index in [1.165, 1.54) is 12.1 Å². The molecule has 1 N–H and O–H groups in total. The molecule has 1 unspecified atom stereocenters. The average molecular weight is 268 g/mol. The molecular weight excluding hydrogens is 246 g/mol. The molecule has 2 rings (SSSR count). The lowest BCUT2D eigenvalue weighted by Gasteiger charge is -2.28. The van der Waals surface area contributed by atoms with Crippen molar-refractivity contribution in [2.75, 3.05) is 45.2 Å². The Bertz CT molecular complexity index is 381. The third-order valence-corrected chi connectivity index (χ3v) is 3.47. The summed E-state index contributed by atoms with van der Waals surface area (Å²) in [5, 5.41) is 4.42. The zero-order valence-electron chi connectivity index (χ0n) is 11.2. The number of anilines is 1. The van der Waals surface area contributed by atoms with Gasteiger partial charge in [0, 0.05) is 36.4 Å². The molecule has 0 radical (unpaired) electrons. The van der Waals surface area contributed by atoms with Gasteiger partial charge in [-0.05, 0) is 45.3 Å². The van der Waals surface area contributed by atoms with E-state index >= 15 is 0 Å². The lowest BCUT2D eigenvalue weighted by molar-refractivity contribution is 0.346. The Labute approximate surface area is 115 Å². The molecule has 1 saturated heterocycles. The third-order valence-electron chi connectivity index (χ3n) is 3.24. The first kappa shape index (κ1) is 13.7. The Balaban J connectivity index is 2.07. The van der Waals surface area contributed by atoms with Gasteiger partial charge in [0.05, 0.1) is 0 Å². The predicted octanol–water partition coefficient (Wildman–Crippen LogP) is 2.07. The molecule has 3 nitrogen and oxygen atoms in total. The minimum absolute atomic E-state index is 0.515. The van der Waals surface area contributed by atoms with E-state index in [0.717, 1.165) is 31.2 Å². The van der Waals surface area contributed by atoms with Crippen molar-refractivity contribution in [3.8, 4) is 0 Å². The van der Waals surface area contributed by atoms with Crippen molar-refractivity contribution < 1.29 is 0 Å². The molecule has 1 aromatic rings. The summed E-state index contributed by atoms with van der Waals surface area (Å²) in [5.41, 5.74) is 1.23. The van der Waals surface area contributed by atoms with Crippen LogP contribution in [0.4, 0.5) is 5.69 Å². The second-order valence-electron chi connectivity index (χ2n) is 5.19. The molecule has 0 aromatic heterocycles. The summed E-state index contributed by atoms with van der Waals surface area (Å²) in [7, 11) is 4.24. The number of likely N-dealkylation sites (N-methyl/N-ethyl adjacent to an activating group) is 1. The fourth-order valence-corrected chi connectivity index (χ4v) is 2.65. The zero-order chi connectivity index (χ0) is 13.0. The number of hydrogen-bond acceptors (Lipinski definition) is 3. The summed E-state index contributed by atoms with van der Waals surface area (Å²) in [6.45, 7) is 4.29. The van der Waals surface area contributed by atoms with Crippen LogP contribution >= 0.6 is 11.6 Å². The Kier molecular flexibility index (Phi) is 4.87. The van der Waals surface area contributed by atoms with Gasteiger partial charge < -0.3 is 15.1 Å². The Morgan fingerprint density at radius 1 is 1.44 bits per heavy atom. The van der Waals surface area contributed by atoms with Crippen LogP contribution < -0.4 is 10.2 Å². The first-order chi connectivity index (χ1) is 8.65. The van der Waals surface area contributed by atoms with Crippen molar-refractivity contribution in [3.63, 3.8) is 0 Å². The van der Waals surface area contributed by atoms with Crippen LogP contribution in [0.2, 0.25) is 5.02 Å². The molecular formula is C14H22ClN3. The lowest BCUT2D eigenvalue weighted by Crippen LogP contribution is -2.44. The number of halogens is 1. The third kappa shape index (κ3) is 3.87. The fraction of sp³-hybridized carbons (Fsp3) is 0.571. The zero-order valence-corrected chi connectivity index (χ0v) is 12.0. The van der Waals surface area contributed by atoms with Crippen molar-refractivity contribution in [1.82, 2.24) is 10.2 Å². The highest BCUT2D eigenvalue weighted by molar-refractivity contribution is 6.30. The van der Waals surface area contributed by atoms with E-state index in [1.807, 2.05) is 12.1 Å². The maximum atomic E-state index is 6.08. The van der Waals surface area contributed by atoms with E-state index in [9.17, 15) is 0 Å². The van der Waals surface area contributed by atoms with Crippen LogP contribution in [0.5, 0.6) is 0 Å². The average Bonchev–Trinajstić information content (AvgIpc) is 2.54. The van der Waals surface area contributed by atoms with Gasteiger partial charge in [-0.2, -0.15) is 0 Å². The summed E-state index contributed by atoms with van der Waals surface area (Å²) >= 11 is 6.08. The van der Waals surface area contributed by atoms with E-state index < -0.39 is 0 Å². The molecule has 1 heterocycles. The summed E-state index contributed by atoms with van der Waals surface area (Å²) in [5.74, 6) is 0. The summed E-state index contributed by atoms with van der Waals surface area (Å²) in [6, 6.07) is 8.67. The van der Waals surface area contributed by atoms with Gasteiger partial charge in [0.1, 0.15) is 0 Å². The van der Waals surface area contributed by atoms with Gasteiger partial charge in [-0.1, -0.05) is 17.7 Å². The van der Waals surface area contributed by atoms with E-state index in [4.69, 9.17) is 11.6 Å². The number of nitrogens with one attached hydrogen (secondary N) is 1. The maximum absolute atomic E-state index is 6.08. The highest BCUT2D eigenvalue weighted by Crippen LogP contribution is 2.20. The Morgan fingerprint density at radius 3 is 3.00 bits per heavy atom. The summed E-state index contributed by atoms with van der Waals surface area (Å²) < 4.78 is 0. The molecule has 0 amide bonds. The van der Waals surface area contributed by atoms with Gasteiger partial charge in [-0.25, -0.2) is 0 Å². The van der Waals surface area contributed by atoms with Crippen molar-refractivity contribution in [3.05, 3.63) is 29.3 Å². The van der Waals surface area contributed by atoms with Crippen LogP contribution in [0, 0.1) is 0 Å². The normalized spacial score (nSPS) is 21.1. The second kappa shape index (κ2) is 6.41. The number of rotatable bonds is 3. The van der Waals surface area contributed by atoms with Gasteiger partial charge in [0.25, 0.3) is 0 Å². The molecule has 1 aromatic carbocycles. The molecule has 0 saturated carbocycles. The number of hydrogen-bond donors (Lipinski definition) is 1.